The van der Waals surface area contributed by atoms with E-state index in [2.05, 4.69) is 11.1 Å². The van der Waals surface area contributed by atoms with Crippen molar-refractivity contribution < 1.29 is 28.8 Å². The largest absolute Gasteiger partial charge is 0.530 e. The molecule has 214 valence electrons. The lowest BCUT2D eigenvalue weighted by Gasteiger charge is -2.40. The number of pyridine rings is 1. The van der Waals surface area contributed by atoms with Crippen LogP contribution in [0.3, 0.4) is 0 Å². The number of methoxy groups -OCH3 is 1. The van der Waals surface area contributed by atoms with E-state index < -0.39 is 6.09 Å². The highest BCUT2D eigenvalue weighted by atomic mass is 16.5. The van der Waals surface area contributed by atoms with Crippen molar-refractivity contribution in [2.24, 2.45) is 0 Å². The molecule has 5 rings (SSSR count). The molecular weight excluding hydrogens is 520 g/mol. The second-order valence-electron chi connectivity index (χ2n) is 10.1. The SMILES string of the molecule is COc1ccccc1COCCCOc1ccc(C2CCN(C(=O)[O-])CC2OCc2ccc3ccncc3c2)cc1. The second-order valence-corrected chi connectivity index (χ2v) is 10.1. The van der Waals surface area contributed by atoms with Gasteiger partial charge in [-0.1, -0.05) is 42.5 Å². The molecule has 8 nitrogen and oxygen atoms in total. The topological polar surface area (TPSA) is 93.2 Å². The number of rotatable bonds is 12. The third-order valence-corrected chi connectivity index (χ3v) is 7.45. The second kappa shape index (κ2) is 14.0. The van der Waals surface area contributed by atoms with Crippen molar-refractivity contribution >= 4 is 16.9 Å². The van der Waals surface area contributed by atoms with E-state index >= 15 is 0 Å². The van der Waals surface area contributed by atoms with E-state index in [0.717, 1.165) is 45.4 Å². The summed E-state index contributed by atoms with van der Waals surface area (Å²) in [6.45, 7) is 2.70. The average molecular weight is 556 g/mol. The Balaban J connectivity index is 1.13. The van der Waals surface area contributed by atoms with Gasteiger partial charge in [-0.2, -0.15) is 0 Å². The van der Waals surface area contributed by atoms with Gasteiger partial charge in [0.25, 0.3) is 0 Å². The number of fused-ring (bicyclic) bond motifs is 1. The Kier molecular flexibility index (Phi) is 9.67. The Morgan fingerprint density at radius 3 is 2.68 bits per heavy atom. The predicted molar refractivity (Wildman–Crippen MR) is 154 cm³/mol. The Bertz CT molecular complexity index is 1430. The van der Waals surface area contributed by atoms with Gasteiger partial charge in [0.2, 0.25) is 0 Å². The molecule has 1 fully saturated rings. The lowest BCUT2D eigenvalue weighted by atomic mass is 9.87. The van der Waals surface area contributed by atoms with Crippen LogP contribution in [0.5, 0.6) is 11.5 Å². The predicted octanol–water partition coefficient (Wildman–Crippen LogP) is 4.95. The maximum absolute atomic E-state index is 11.6. The van der Waals surface area contributed by atoms with Gasteiger partial charge in [0.05, 0.1) is 39.6 Å². The molecule has 3 aromatic carbocycles. The molecule has 0 bridgehead atoms. The molecule has 1 amide bonds. The summed E-state index contributed by atoms with van der Waals surface area (Å²) in [5.74, 6) is 1.67. The third kappa shape index (κ3) is 7.54. The molecule has 0 N–H and O–H groups in total. The minimum absolute atomic E-state index is 0.0603. The van der Waals surface area contributed by atoms with Crippen molar-refractivity contribution in [2.75, 3.05) is 33.4 Å². The van der Waals surface area contributed by atoms with E-state index in [1.54, 1.807) is 13.3 Å². The number of carbonyl (C=O) groups excluding carboxylic acids is 1. The van der Waals surface area contributed by atoms with Crippen LogP contribution in [0, 0.1) is 0 Å². The lowest BCUT2D eigenvalue weighted by Crippen LogP contribution is -2.51. The van der Waals surface area contributed by atoms with Gasteiger partial charge < -0.3 is 33.7 Å². The molecule has 2 atom stereocenters. The van der Waals surface area contributed by atoms with Crippen LogP contribution in [0.15, 0.2) is 85.2 Å². The molecule has 8 heteroatoms. The summed E-state index contributed by atoms with van der Waals surface area (Å²) in [5, 5.41) is 13.8. The van der Waals surface area contributed by atoms with Crippen LogP contribution in [0.1, 0.15) is 35.4 Å². The van der Waals surface area contributed by atoms with Gasteiger partial charge in [0, 0.05) is 48.8 Å². The number of benzene rings is 3. The van der Waals surface area contributed by atoms with E-state index in [0.29, 0.717) is 39.4 Å². The number of hydrogen-bond donors (Lipinski definition) is 0. The summed E-state index contributed by atoms with van der Waals surface area (Å²) in [6, 6.07) is 24.0. The maximum Gasteiger partial charge on any atom is 0.137 e. The molecule has 0 saturated carbocycles. The number of hydrogen-bond acceptors (Lipinski definition) is 7. The zero-order valence-electron chi connectivity index (χ0n) is 23.2. The number of ether oxygens (including phenoxy) is 4. The van der Waals surface area contributed by atoms with Gasteiger partial charge in [-0.3, -0.25) is 4.98 Å². The third-order valence-electron chi connectivity index (χ3n) is 7.45. The van der Waals surface area contributed by atoms with Crippen molar-refractivity contribution in [3.05, 3.63) is 102 Å². The molecule has 0 aliphatic carbocycles. The standard InChI is InChI=1S/C33H36N2O6/c1-38-31-6-3-2-5-27(31)23-39-17-4-18-40-29-11-9-26(10-12-29)30-14-16-35(33(36)37)21-32(30)41-22-24-7-8-25-13-15-34-20-28(25)19-24/h2-3,5-13,15,19-20,30,32H,4,14,16-18,21-23H2,1H3,(H,36,37)/p-1. The van der Waals surface area contributed by atoms with E-state index in [4.69, 9.17) is 18.9 Å². The minimum Gasteiger partial charge on any atom is -0.530 e. The summed E-state index contributed by atoms with van der Waals surface area (Å²) in [5.41, 5.74) is 3.14. The molecule has 1 aliphatic rings. The molecule has 0 spiro atoms. The highest BCUT2D eigenvalue weighted by Crippen LogP contribution is 2.32. The van der Waals surface area contributed by atoms with E-state index in [1.807, 2.05) is 72.9 Å². The number of para-hydroxylation sites is 1. The lowest BCUT2D eigenvalue weighted by molar-refractivity contribution is -0.268. The molecule has 1 aliphatic heterocycles. The molecule has 1 saturated heterocycles. The van der Waals surface area contributed by atoms with Crippen molar-refractivity contribution in [1.82, 2.24) is 9.88 Å². The maximum atomic E-state index is 11.6. The zero-order valence-corrected chi connectivity index (χ0v) is 23.2. The number of nitrogens with zero attached hydrogens (tertiary/aromatic N) is 2. The molecule has 2 heterocycles. The fourth-order valence-electron chi connectivity index (χ4n) is 5.23. The van der Waals surface area contributed by atoms with Crippen LogP contribution in [0.4, 0.5) is 4.79 Å². The number of aromatic nitrogens is 1. The first-order valence-electron chi connectivity index (χ1n) is 13.9. The van der Waals surface area contributed by atoms with Crippen LogP contribution >= 0.6 is 0 Å². The summed E-state index contributed by atoms with van der Waals surface area (Å²) < 4.78 is 23.4. The quantitative estimate of drug-likeness (QED) is 0.229. The summed E-state index contributed by atoms with van der Waals surface area (Å²) in [6.07, 6.45) is 3.57. The zero-order chi connectivity index (χ0) is 28.4. The van der Waals surface area contributed by atoms with Gasteiger partial charge >= 0.3 is 0 Å². The van der Waals surface area contributed by atoms with Crippen molar-refractivity contribution in [2.45, 2.75) is 38.1 Å². The van der Waals surface area contributed by atoms with E-state index in [-0.39, 0.29) is 18.6 Å². The molecule has 4 aromatic rings. The van der Waals surface area contributed by atoms with Crippen LogP contribution < -0.4 is 14.6 Å². The van der Waals surface area contributed by atoms with Gasteiger partial charge in [-0.05, 0) is 53.3 Å². The fraction of sp³-hybridized carbons (Fsp3) is 0.333. The smallest absolute Gasteiger partial charge is 0.137 e. The Hall–Kier alpha value is -4.14. The van der Waals surface area contributed by atoms with Crippen LogP contribution in [0.2, 0.25) is 0 Å². The number of amides is 1. The number of piperidine rings is 1. The molecular formula is C33H35N2O6-. The fourth-order valence-corrected chi connectivity index (χ4v) is 5.23. The average Bonchev–Trinajstić information content (AvgIpc) is 3.02. The van der Waals surface area contributed by atoms with Gasteiger partial charge in [0.15, 0.2) is 0 Å². The van der Waals surface area contributed by atoms with E-state index in [1.165, 1.54) is 4.90 Å². The Labute approximate surface area is 240 Å². The van der Waals surface area contributed by atoms with E-state index in [9.17, 15) is 9.90 Å². The monoisotopic (exact) mass is 555 g/mol. The van der Waals surface area contributed by atoms with Crippen molar-refractivity contribution in [1.29, 1.82) is 0 Å². The summed E-state index contributed by atoms with van der Waals surface area (Å²) >= 11 is 0. The molecule has 1 aromatic heterocycles. The Morgan fingerprint density at radius 1 is 1.00 bits per heavy atom. The van der Waals surface area contributed by atoms with Crippen LogP contribution in [-0.4, -0.2) is 55.5 Å². The van der Waals surface area contributed by atoms with Crippen LogP contribution in [0.25, 0.3) is 10.8 Å². The van der Waals surface area contributed by atoms with Crippen LogP contribution in [-0.2, 0) is 22.7 Å². The first kappa shape index (κ1) is 28.4. The molecule has 0 radical (unpaired) electrons. The first-order valence-corrected chi connectivity index (χ1v) is 13.9. The Morgan fingerprint density at radius 2 is 1.85 bits per heavy atom. The molecule has 2 unspecified atom stereocenters. The number of carboxylic acid groups (broad SMARTS) is 1. The van der Waals surface area contributed by atoms with Crippen molar-refractivity contribution in [3.63, 3.8) is 0 Å². The molecule has 41 heavy (non-hydrogen) atoms. The van der Waals surface area contributed by atoms with Gasteiger partial charge in [-0.15, -0.1) is 0 Å². The van der Waals surface area contributed by atoms with Gasteiger partial charge in [0.1, 0.15) is 17.6 Å². The van der Waals surface area contributed by atoms with Crippen molar-refractivity contribution in [3.8, 4) is 11.5 Å². The number of carbonyl (C=O) groups is 1. The minimum atomic E-state index is -1.16. The highest BCUT2D eigenvalue weighted by molar-refractivity contribution is 5.81. The highest BCUT2D eigenvalue weighted by Gasteiger charge is 2.31. The van der Waals surface area contributed by atoms with Gasteiger partial charge in [-0.25, -0.2) is 0 Å². The first-order chi connectivity index (χ1) is 20.1. The number of likely N-dealkylation sites (tertiary alicyclic amines) is 1. The normalized spacial score (nSPS) is 17.0. The summed E-state index contributed by atoms with van der Waals surface area (Å²) in [7, 11) is 1.66. The summed E-state index contributed by atoms with van der Waals surface area (Å²) in [4.78, 5) is 17.1.